The lowest BCUT2D eigenvalue weighted by Crippen LogP contribution is -2.20. The molecule has 1 heterocycles. The number of halogens is 1. The molecule has 0 bridgehead atoms. The highest BCUT2D eigenvalue weighted by atomic mass is 35.5. The summed E-state index contributed by atoms with van der Waals surface area (Å²) in [6.07, 6.45) is 0. The quantitative estimate of drug-likeness (QED) is 0.554. The van der Waals surface area contributed by atoms with E-state index in [0.717, 1.165) is 0 Å². The second-order valence-electron chi connectivity index (χ2n) is 1.63. The molecule has 0 aliphatic carbocycles. The Bertz CT molecular complexity index is 293. The van der Waals surface area contributed by atoms with Gasteiger partial charge in [0, 0.05) is 7.05 Å². The molecule has 0 radical (unpaired) electrons. The minimum atomic E-state index is 0.231. The molecule has 0 unspecified atom stereocenters. The molecule has 4 nitrogen and oxygen atoms in total. The predicted octanol–water partition coefficient (Wildman–Crippen LogP) is 0.304. The molecule has 0 amide bonds. The van der Waals surface area contributed by atoms with Gasteiger partial charge in [-0.25, -0.2) is 0 Å². The number of nitrogens with zero attached hydrogens (tertiary/aromatic N) is 3. The highest BCUT2D eigenvalue weighted by Crippen LogP contribution is 1.95. The van der Waals surface area contributed by atoms with Gasteiger partial charge in [-0.3, -0.25) is 4.99 Å². The molecule has 1 N–H and O–H groups in total. The maximum absolute atomic E-state index is 8.92. The lowest BCUT2D eigenvalue weighted by Gasteiger charge is -1.94. The molecule has 0 spiro atoms. The van der Waals surface area contributed by atoms with Crippen molar-refractivity contribution in [3.8, 4) is 0 Å². The zero-order valence-electron chi connectivity index (χ0n) is 5.32. The van der Waals surface area contributed by atoms with Crippen molar-refractivity contribution in [2.24, 2.45) is 4.99 Å². The second-order valence-corrected chi connectivity index (χ2v) is 2.01. The van der Waals surface area contributed by atoms with Gasteiger partial charge in [-0.2, -0.15) is 0 Å². The van der Waals surface area contributed by atoms with Crippen molar-refractivity contribution in [2.45, 2.75) is 0 Å². The van der Waals surface area contributed by atoms with Crippen molar-refractivity contribution in [1.29, 1.82) is 0 Å². The van der Waals surface area contributed by atoms with E-state index < -0.39 is 0 Å². The fourth-order valence-electron chi connectivity index (χ4n) is 0.549. The Morgan fingerprint density at radius 1 is 1.70 bits per heavy atom. The van der Waals surface area contributed by atoms with Gasteiger partial charge in [0.05, 0.1) is 0 Å². The Kier molecular flexibility index (Phi) is 1.91. The summed E-state index contributed by atoms with van der Waals surface area (Å²) in [5.41, 5.74) is 0.365. The Balaban J connectivity index is 3.34. The van der Waals surface area contributed by atoms with E-state index in [4.69, 9.17) is 16.8 Å². The number of hydrogen-bond acceptors (Lipinski definition) is 3. The third-order valence-corrected chi connectivity index (χ3v) is 1.20. The van der Waals surface area contributed by atoms with Crippen LogP contribution in [0.2, 0.25) is 5.15 Å². The average molecular weight is 160 g/mol. The highest BCUT2D eigenvalue weighted by Gasteiger charge is 1.90. The summed E-state index contributed by atoms with van der Waals surface area (Å²) in [5.74, 6) is 0. The van der Waals surface area contributed by atoms with Crippen LogP contribution in [0.15, 0.2) is 17.1 Å². The molecule has 0 aliphatic rings. The van der Waals surface area contributed by atoms with Crippen molar-refractivity contribution in [1.82, 2.24) is 9.94 Å². The van der Waals surface area contributed by atoms with E-state index in [-0.39, 0.29) is 5.15 Å². The first-order chi connectivity index (χ1) is 4.74. The summed E-state index contributed by atoms with van der Waals surface area (Å²) in [7, 11) is 1.55. The lowest BCUT2D eigenvalue weighted by molar-refractivity contribution is 0.131. The predicted molar refractivity (Wildman–Crippen MR) is 35.9 cm³/mol. The van der Waals surface area contributed by atoms with E-state index in [1.165, 1.54) is 0 Å². The number of aromatic nitrogens is 2. The summed E-state index contributed by atoms with van der Waals surface area (Å²) in [4.78, 5) is 4.33. The molecule has 1 rings (SSSR count). The third kappa shape index (κ3) is 1.27. The van der Waals surface area contributed by atoms with E-state index in [0.29, 0.717) is 10.3 Å². The highest BCUT2D eigenvalue weighted by molar-refractivity contribution is 6.29. The van der Waals surface area contributed by atoms with Gasteiger partial charge in [0.2, 0.25) is 0 Å². The van der Waals surface area contributed by atoms with Gasteiger partial charge in [-0.1, -0.05) is 16.4 Å². The third-order valence-electron chi connectivity index (χ3n) is 0.994. The average Bonchev–Trinajstić information content (AvgIpc) is 1.88. The second kappa shape index (κ2) is 2.70. The first-order valence-corrected chi connectivity index (χ1v) is 3.00. The molecular formula is C5H6ClN3O. The van der Waals surface area contributed by atoms with Gasteiger partial charge in [0.15, 0.2) is 10.6 Å². The van der Waals surface area contributed by atoms with E-state index in [2.05, 4.69) is 10.1 Å². The Morgan fingerprint density at radius 2 is 2.40 bits per heavy atom. The summed E-state index contributed by atoms with van der Waals surface area (Å²) >= 11 is 5.44. The maximum Gasteiger partial charge on any atom is 0.185 e. The van der Waals surface area contributed by atoms with E-state index in [1.807, 2.05) is 0 Å². The minimum Gasteiger partial charge on any atom is -0.410 e. The van der Waals surface area contributed by atoms with Crippen LogP contribution >= 0.6 is 11.6 Å². The molecule has 0 atom stereocenters. The molecular weight excluding hydrogens is 154 g/mol. The molecule has 0 saturated carbocycles. The number of hydrogen-bond donors (Lipinski definition) is 1. The maximum atomic E-state index is 8.92. The molecule has 0 saturated heterocycles. The zero-order chi connectivity index (χ0) is 7.56. The molecule has 0 fully saturated rings. The van der Waals surface area contributed by atoms with Crippen molar-refractivity contribution < 1.29 is 5.21 Å². The van der Waals surface area contributed by atoms with Gasteiger partial charge in [0.1, 0.15) is 0 Å². The van der Waals surface area contributed by atoms with Gasteiger partial charge >= 0.3 is 0 Å². The summed E-state index contributed by atoms with van der Waals surface area (Å²) in [6.45, 7) is 0. The van der Waals surface area contributed by atoms with E-state index in [1.54, 1.807) is 19.2 Å². The van der Waals surface area contributed by atoms with Crippen molar-refractivity contribution in [3.05, 3.63) is 22.8 Å². The zero-order valence-corrected chi connectivity index (χ0v) is 6.08. The van der Waals surface area contributed by atoms with Crippen LogP contribution < -0.4 is 5.49 Å². The van der Waals surface area contributed by atoms with Gasteiger partial charge in [-0.15, -0.1) is 5.10 Å². The van der Waals surface area contributed by atoms with Crippen LogP contribution in [0.1, 0.15) is 0 Å². The fraction of sp³-hybridized carbons (Fsp3) is 0.200. The monoisotopic (exact) mass is 159 g/mol. The van der Waals surface area contributed by atoms with Crippen LogP contribution in [0.5, 0.6) is 0 Å². The van der Waals surface area contributed by atoms with E-state index in [9.17, 15) is 0 Å². The molecule has 54 valence electrons. The Labute approximate surface area is 62.4 Å². The van der Waals surface area contributed by atoms with Gasteiger partial charge in [-0.05, 0) is 12.1 Å². The van der Waals surface area contributed by atoms with E-state index >= 15 is 0 Å². The molecule has 10 heavy (non-hydrogen) atoms. The van der Waals surface area contributed by atoms with Crippen LogP contribution in [0.4, 0.5) is 0 Å². The normalized spacial score (nSPS) is 12.0. The molecule has 5 heteroatoms. The largest absolute Gasteiger partial charge is 0.410 e. The SMILES string of the molecule is CN=c1ccc(Cl)nn1O. The van der Waals surface area contributed by atoms with Crippen LogP contribution in [-0.4, -0.2) is 22.2 Å². The van der Waals surface area contributed by atoms with Crippen molar-refractivity contribution in [2.75, 3.05) is 7.05 Å². The molecule has 1 aromatic heterocycles. The standard InChI is InChI=1S/C5H6ClN3O/c1-7-5-3-2-4(6)8-9(5)10/h2-3,10H,1H3. The fourth-order valence-corrected chi connectivity index (χ4v) is 0.684. The van der Waals surface area contributed by atoms with Crippen LogP contribution in [0.3, 0.4) is 0 Å². The first-order valence-electron chi connectivity index (χ1n) is 2.62. The molecule has 0 aromatic carbocycles. The van der Waals surface area contributed by atoms with Gasteiger partial charge < -0.3 is 5.21 Å². The Morgan fingerprint density at radius 3 is 2.90 bits per heavy atom. The Hall–Kier alpha value is -1.03. The summed E-state index contributed by atoms with van der Waals surface area (Å²) in [6, 6.07) is 3.12. The topological polar surface area (TPSA) is 50.4 Å². The lowest BCUT2D eigenvalue weighted by atomic mass is 10.6. The molecule has 0 aliphatic heterocycles. The van der Waals surface area contributed by atoms with Gasteiger partial charge in [0.25, 0.3) is 0 Å². The first kappa shape index (κ1) is 7.08. The smallest absolute Gasteiger partial charge is 0.185 e. The summed E-state index contributed by atoms with van der Waals surface area (Å²) in [5, 5.41) is 12.6. The van der Waals surface area contributed by atoms with Crippen LogP contribution in [0.25, 0.3) is 0 Å². The van der Waals surface area contributed by atoms with Crippen molar-refractivity contribution >= 4 is 11.6 Å². The minimum absolute atomic E-state index is 0.231. The van der Waals surface area contributed by atoms with Crippen LogP contribution in [-0.2, 0) is 0 Å². The summed E-state index contributed by atoms with van der Waals surface area (Å²) < 4.78 is 0. The number of rotatable bonds is 0. The van der Waals surface area contributed by atoms with Crippen LogP contribution in [0, 0.1) is 0 Å². The molecule has 1 aromatic rings. The van der Waals surface area contributed by atoms with Crippen molar-refractivity contribution in [3.63, 3.8) is 0 Å².